The number of benzene rings is 2. The predicted molar refractivity (Wildman–Crippen MR) is 133 cm³/mol. The van der Waals surface area contributed by atoms with Crippen molar-refractivity contribution in [2.75, 3.05) is 11.3 Å². The van der Waals surface area contributed by atoms with Crippen molar-refractivity contribution in [1.29, 1.82) is 0 Å². The van der Waals surface area contributed by atoms with Crippen molar-refractivity contribution in [1.82, 2.24) is 15.3 Å². The van der Waals surface area contributed by atoms with Crippen molar-refractivity contribution in [3.05, 3.63) is 65.2 Å². The number of nitrogens with one attached hydrogen (secondary N) is 2. The summed E-state index contributed by atoms with van der Waals surface area (Å²) in [7, 11) is -4.04. The standard InChI is InChI=1S/C26H28N4O4S/c1-16-6-3-7-17(2)24(16)22-14-23-29-26(28-22)30-35(32,33)21-11-5-10-19(13-21)25(31)27-20(15-34-23)12-18-8-4-9-18/h3,5-7,10-11,13-14,18,20H,4,8-9,12,15H2,1-2H3,(H,27,31)(H,28,29,30)/t20-/m1/s1. The number of ether oxygens (including phenoxy) is 1. The third kappa shape index (κ3) is 5.00. The number of hydrogen-bond donors (Lipinski definition) is 2. The van der Waals surface area contributed by atoms with Crippen molar-refractivity contribution >= 4 is 21.9 Å². The van der Waals surface area contributed by atoms with E-state index in [2.05, 4.69) is 20.0 Å². The van der Waals surface area contributed by atoms with Crippen LogP contribution in [-0.4, -0.2) is 36.9 Å². The lowest BCUT2D eigenvalue weighted by Gasteiger charge is -2.30. The molecule has 0 radical (unpaired) electrons. The largest absolute Gasteiger partial charge is 0.475 e. The Bertz CT molecular complexity index is 1370. The van der Waals surface area contributed by atoms with Crippen molar-refractivity contribution in [3.63, 3.8) is 0 Å². The van der Waals surface area contributed by atoms with Gasteiger partial charge in [-0.25, -0.2) is 18.1 Å². The summed E-state index contributed by atoms with van der Waals surface area (Å²) in [6, 6.07) is 13.4. The summed E-state index contributed by atoms with van der Waals surface area (Å²) in [6.45, 7) is 4.18. The summed E-state index contributed by atoms with van der Waals surface area (Å²) in [4.78, 5) is 21.8. The van der Waals surface area contributed by atoms with Crippen molar-refractivity contribution < 1.29 is 17.9 Å². The maximum atomic E-state index is 13.2. The minimum atomic E-state index is -4.04. The lowest BCUT2D eigenvalue weighted by Crippen LogP contribution is -2.41. The Labute approximate surface area is 205 Å². The van der Waals surface area contributed by atoms with E-state index in [9.17, 15) is 13.2 Å². The number of carbonyl (C=O) groups is 1. The maximum absolute atomic E-state index is 13.2. The van der Waals surface area contributed by atoms with Crippen LogP contribution in [0.2, 0.25) is 0 Å². The molecule has 1 saturated carbocycles. The molecule has 2 heterocycles. The number of rotatable bonds is 3. The average Bonchev–Trinajstić information content (AvgIpc) is 2.79. The molecule has 35 heavy (non-hydrogen) atoms. The van der Waals surface area contributed by atoms with Gasteiger partial charge in [0, 0.05) is 17.2 Å². The van der Waals surface area contributed by atoms with Crippen LogP contribution in [0.5, 0.6) is 5.88 Å². The first-order valence-corrected chi connectivity index (χ1v) is 13.3. The highest BCUT2D eigenvalue weighted by atomic mass is 32.2. The summed E-state index contributed by atoms with van der Waals surface area (Å²) >= 11 is 0. The van der Waals surface area contributed by atoms with E-state index < -0.39 is 10.0 Å². The summed E-state index contributed by atoms with van der Waals surface area (Å²) < 4.78 is 34.8. The second-order valence-corrected chi connectivity index (χ2v) is 11.0. The lowest BCUT2D eigenvalue weighted by molar-refractivity contribution is 0.0902. The van der Waals surface area contributed by atoms with Crippen molar-refractivity contribution in [2.45, 2.75) is 50.5 Å². The molecule has 1 amide bonds. The minimum absolute atomic E-state index is 0.0384. The van der Waals surface area contributed by atoms with Crippen LogP contribution in [0.15, 0.2) is 53.4 Å². The van der Waals surface area contributed by atoms with Crippen LogP contribution < -0.4 is 14.8 Å². The molecule has 8 nitrogen and oxygen atoms in total. The Balaban J connectivity index is 1.60. The Morgan fingerprint density at radius 3 is 2.49 bits per heavy atom. The molecule has 3 aromatic rings. The van der Waals surface area contributed by atoms with E-state index >= 15 is 0 Å². The first kappa shape index (κ1) is 23.3. The smallest absolute Gasteiger partial charge is 0.264 e. The van der Waals surface area contributed by atoms with Gasteiger partial charge in [0.2, 0.25) is 11.8 Å². The number of aryl methyl sites for hydroxylation is 2. The van der Waals surface area contributed by atoms with Crippen LogP contribution in [-0.2, 0) is 10.0 Å². The van der Waals surface area contributed by atoms with E-state index in [-0.39, 0.29) is 40.8 Å². The molecule has 0 spiro atoms. The molecule has 1 aliphatic heterocycles. The van der Waals surface area contributed by atoms with E-state index in [1.165, 1.54) is 18.6 Å². The molecule has 2 aliphatic rings. The van der Waals surface area contributed by atoms with E-state index in [1.807, 2.05) is 32.0 Å². The lowest BCUT2D eigenvalue weighted by atomic mass is 9.81. The molecular weight excluding hydrogens is 464 g/mol. The summed E-state index contributed by atoms with van der Waals surface area (Å²) in [5.41, 5.74) is 3.74. The van der Waals surface area contributed by atoms with Gasteiger partial charge in [-0.2, -0.15) is 4.98 Å². The molecule has 2 N–H and O–H groups in total. The van der Waals surface area contributed by atoms with Gasteiger partial charge >= 0.3 is 0 Å². The van der Waals surface area contributed by atoms with Gasteiger partial charge in [-0.15, -0.1) is 0 Å². The van der Waals surface area contributed by atoms with E-state index in [0.29, 0.717) is 11.6 Å². The van der Waals surface area contributed by atoms with E-state index in [1.54, 1.807) is 18.2 Å². The monoisotopic (exact) mass is 492 g/mol. The number of amides is 1. The molecule has 182 valence electrons. The molecular formula is C26H28N4O4S. The number of nitrogens with zero attached hydrogens (tertiary/aromatic N) is 2. The fraction of sp³-hybridized carbons (Fsp3) is 0.346. The molecule has 0 saturated heterocycles. The molecule has 9 heteroatoms. The Morgan fingerprint density at radius 1 is 1.03 bits per heavy atom. The van der Waals surface area contributed by atoms with Gasteiger partial charge in [0.25, 0.3) is 15.9 Å². The van der Waals surface area contributed by atoms with Crippen LogP contribution in [0.1, 0.15) is 47.2 Å². The third-order valence-corrected chi connectivity index (χ3v) is 8.01. The first-order chi connectivity index (χ1) is 16.8. The number of carbonyl (C=O) groups excluding carboxylic acids is 1. The molecule has 1 aliphatic carbocycles. The molecule has 1 aromatic heterocycles. The maximum Gasteiger partial charge on any atom is 0.264 e. The van der Waals surface area contributed by atoms with E-state index in [0.717, 1.165) is 36.0 Å². The zero-order valence-electron chi connectivity index (χ0n) is 19.7. The molecule has 2 aromatic carbocycles. The second kappa shape index (κ2) is 9.30. The van der Waals surface area contributed by atoms with Gasteiger partial charge in [-0.05, 0) is 55.5 Å². The van der Waals surface area contributed by atoms with Crippen molar-refractivity contribution in [3.8, 4) is 17.1 Å². The number of hydrogen-bond acceptors (Lipinski definition) is 6. The number of aromatic nitrogens is 2. The van der Waals surface area contributed by atoms with Gasteiger partial charge in [0.1, 0.15) is 6.61 Å². The third-order valence-electron chi connectivity index (χ3n) is 6.68. The molecule has 0 unspecified atom stereocenters. The topological polar surface area (TPSA) is 110 Å². The highest BCUT2D eigenvalue weighted by Crippen LogP contribution is 2.32. The second-order valence-electron chi connectivity index (χ2n) is 9.33. The minimum Gasteiger partial charge on any atom is -0.475 e. The molecule has 4 bridgehead atoms. The van der Waals surface area contributed by atoms with Gasteiger partial charge in [-0.1, -0.05) is 43.5 Å². The zero-order valence-corrected chi connectivity index (χ0v) is 20.6. The van der Waals surface area contributed by atoms with Crippen LogP contribution in [0.3, 0.4) is 0 Å². The fourth-order valence-electron chi connectivity index (χ4n) is 4.63. The quantitative estimate of drug-likeness (QED) is 0.566. The normalized spacial score (nSPS) is 19.6. The predicted octanol–water partition coefficient (Wildman–Crippen LogP) is 4.24. The Hall–Kier alpha value is -3.46. The van der Waals surface area contributed by atoms with Crippen LogP contribution in [0.25, 0.3) is 11.3 Å². The molecule has 1 fully saturated rings. The van der Waals surface area contributed by atoms with Gasteiger partial charge in [0.05, 0.1) is 16.6 Å². The van der Waals surface area contributed by atoms with Crippen LogP contribution in [0.4, 0.5) is 5.95 Å². The Morgan fingerprint density at radius 2 is 1.77 bits per heavy atom. The highest BCUT2D eigenvalue weighted by Gasteiger charge is 2.26. The van der Waals surface area contributed by atoms with E-state index in [4.69, 9.17) is 4.74 Å². The Kier molecular flexibility index (Phi) is 6.19. The fourth-order valence-corrected chi connectivity index (χ4v) is 5.62. The molecule has 1 atom stereocenters. The number of fused-ring (bicyclic) bond motifs is 4. The van der Waals surface area contributed by atoms with Gasteiger partial charge in [-0.3, -0.25) is 4.79 Å². The molecule has 5 rings (SSSR count). The summed E-state index contributed by atoms with van der Waals surface area (Å²) in [5, 5.41) is 3.04. The number of sulfonamides is 1. The average molecular weight is 493 g/mol. The zero-order chi connectivity index (χ0) is 24.6. The number of anilines is 1. The SMILES string of the molecule is Cc1cccc(C)c1-c1cc2nc(n1)NS(=O)(=O)c1cccc(c1)C(=O)N[C@H](CC1CCC1)CO2. The van der Waals surface area contributed by atoms with Crippen molar-refractivity contribution in [2.24, 2.45) is 5.92 Å². The van der Waals surface area contributed by atoms with Gasteiger partial charge < -0.3 is 10.1 Å². The summed E-state index contributed by atoms with van der Waals surface area (Å²) in [5.74, 6) is 0.371. The highest BCUT2D eigenvalue weighted by molar-refractivity contribution is 7.92. The van der Waals surface area contributed by atoms with Crippen LogP contribution in [0, 0.1) is 19.8 Å². The van der Waals surface area contributed by atoms with Crippen LogP contribution >= 0.6 is 0 Å². The van der Waals surface area contributed by atoms with Gasteiger partial charge in [0.15, 0.2) is 0 Å². The first-order valence-electron chi connectivity index (χ1n) is 11.8. The summed E-state index contributed by atoms with van der Waals surface area (Å²) in [6.07, 6.45) is 4.27.